The highest BCUT2D eigenvalue weighted by Gasteiger charge is 2.42. The molecule has 0 amide bonds. The molecule has 7 N–H and O–H groups in total. The molecule has 11 aromatic heterocycles. The minimum Gasteiger partial charge on any atom is -0.440 e. The second-order valence-corrected chi connectivity index (χ2v) is 33.1. The molecule has 9 aromatic carbocycles. The van der Waals surface area contributed by atoms with E-state index in [1.54, 1.807) is 73.6 Å². The number of halogens is 3. The summed E-state index contributed by atoms with van der Waals surface area (Å²) < 4.78 is 63.6. The molecule has 0 unspecified atom stereocenters. The minimum atomic E-state index is -0.692. The van der Waals surface area contributed by atoms with E-state index in [0.717, 1.165) is 111 Å². The van der Waals surface area contributed by atoms with Crippen molar-refractivity contribution in [2.24, 2.45) is 10.7 Å². The Hall–Kier alpha value is -17.1. The molecule has 21 rings (SSSR count). The Kier molecular flexibility index (Phi) is 30.8. The molecular weight excluding hydrogens is 1770 g/mol. The fourth-order valence-corrected chi connectivity index (χ4v) is 17.4. The number of imidazole rings is 2. The zero-order chi connectivity index (χ0) is 96.2. The number of hydrogen-bond donors (Lipinski definition) is 6. The van der Waals surface area contributed by atoms with Crippen LogP contribution in [0, 0.1) is 17.5 Å². The topological polar surface area (TPSA) is 307 Å². The maximum atomic E-state index is 14.1. The standard InChI is InChI=1S/C44H38FN7O.C30H24N2O.C26H25FN6O.C14H14FN5O/c45-36-22-13-26-47-37(36)30-49-43-42-39(23-29-48-43)53-41(51-42)25-28-46-27-24-40-50-38(32-14-5-1-6-15-32)31-52(40)44(33-16-7-2-8-17-33,34-18-9-3-10-19-34)35-20-11-4-12-21-35;33-22-21-29-31-28(24-13-5-1-6-14-24)23-32(29)30(25-15-7-2-8-16-25,26-17-9-3-10-18-26)27-19-11-4-12-20-27;27-20-7-4-13-29-22(20)17-31-26-25-23(11-16-30-26)34-24(33-25)12-15-28-14-10-19-8-9-21(32-19)18-5-2-1-3-6-18;15-9-2-1-6-17-10(9)8-19-14-13-11(4-7-18-14)21-12(20-13)3-5-16/h1-23,26,29,31,46H,24-25,27-28,30H2,(H,48,49);1-20,22-23H,21H2;1-7,9,11,13,16,28H,8,10,12,14-15,17H2,(H,30,31);1-2,4,6-7H,3,5,8,16H2,(H,18,19). The number of allylic oxidation sites excluding steroid dienone is 1. The maximum Gasteiger partial charge on any atom is 0.196 e. The lowest BCUT2D eigenvalue weighted by Gasteiger charge is -2.38. The molecule has 0 atom stereocenters. The molecule has 702 valence electrons. The summed E-state index contributed by atoms with van der Waals surface area (Å²) in [6.45, 7) is 4.00. The minimum absolute atomic E-state index is 0.185. The predicted octanol–water partition coefficient (Wildman–Crippen LogP) is 21.2. The number of carbonyl (C=O) groups excluding carboxylic acids is 1. The quantitative estimate of drug-likeness (QED) is 0.0121. The predicted molar refractivity (Wildman–Crippen MR) is 545 cm³/mol. The highest BCUT2D eigenvalue weighted by atomic mass is 19.1. The molecule has 0 aliphatic carbocycles. The van der Waals surface area contributed by atoms with Crippen molar-refractivity contribution in [3.8, 4) is 22.5 Å². The number of aldehydes is 1. The number of benzene rings is 9. The smallest absolute Gasteiger partial charge is 0.196 e. The van der Waals surface area contributed by atoms with Crippen molar-refractivity contribution in [3.63, 3.8) is 0 Å². The van der Waals surface area contributed by atoms with Gasteiger partial charge in [0.1, 0.15) is 46.5 Å². The van der Waals surface area contributed by atoms with Crippen molar-refractivity contribution in [2.75, 3.05) is 48.7 Å². The Labute approximate surface area is 813 Å². The lowest BCUT2D eigenvalue weighted by Crippen LogP contribution is -2.39. The van der Waals surface area contributed by atoms with E-state index in [2.05, 4.69) is 294 Å². The van der Waals surface area contributed by atoms with Crippen LogP contribution in [0.25, 0.3) is 61.5 Å². The van der Waals surface area contributed by atoms with Crippen LogP contribution in [0.4, 0.5) is 30.6 Å². The van der Waals surface area contributed by atoms with Crippen LogP contribution in [0.2, 0.25) is 0 Å². The first-order valence-electron chi connectivity index (χ1n) is 46.8. The second kappa shape index (κ2) is 46.1. The van der Waals surface area contributed by atoms with E-state index in [4.69, 9.17) is 38.9 Å². The maximum absolute atomic E-state index is 14.1. The molecule has 0 saturated heterocycles. The first-order chi connectivity index (χ1) is 69.6. The highest BCUT2D eigenvalue weighted by Crippen LogP contribution is 2.45. The molecule has 20 aromatic rings. The van der Waals surface area contributed by atoms with Crippen molar-refractivity contribution >= 4 is 68.4 Å². The summed E-state index contributed by atoms with van der Waals surface area (Å²) in [6.07, 6.45) is 21.5. The van der Waals surface area contributed by atoms with E-state index < -0.39 is 11.1 Å². The van der Waals surface area contributed by atoms with Gasteiger partial charge >= 0.3 is 0 Å². The van der Waals surface area contributed by atoms with Gasteiger partial charge in [-0.15, -0.1) is 0 Å². The molecule has 0 radical (unpaired) electrons. The van der Waals surface area contributed by atoms with Gasteiger partial charge in [0.15, 0.2) is 68.4 Å². The van der Waals surface area contributed by atoms with E-state index in [9.17, 15) is 18.0 Å². The third kappa shape index (κ3) is 22.3. The van der Waals surface area contributed by atoms with Gasteiger partial charge in [-0.25, -0.2) is 53.0 Å². The summed E-state index contributed by atoms with van der Waals surface area (Å²) in [6, 6.07) is 108. The lowest BCUT2D eigenvalue weighted by molar-refractivity contribution is -0.107. The zero-order valence-electron chi connectivity index (χ0n) is 77.2. The van der Waals surface area contributed by atoms with Crippen LogP contribution in [0.1, 0.15) is 98.2 Å². The highest BCUT2D eigenvalue weighted by molar-refractivity contribution is 5.96. The average molecular weight is 1870 g/mol. The van der Waals surface area contributed by atoms with Gasteiger partial charge < -0.3 is 59.5 Å². The van der Waals surface area contributed by atoms with Gasteiger partial charge in [-0.2, -0.15) is 0 Å². The van der Waals surface area contributed by atoms with E-state index in [1.807, 2.05) is 72.8 Å². The molecule has 27 heteroatoms. The number of oxazole rings is 3. The van der Waals surface area contributed by atoms with Crippen molar-refractivity contribution in [1.29, 1.82) is 0 Å². The van der Waals surface area contributed by atoms with Gasteiger partial charge in [-0.05, 0) is 81.8 Å². The summed E-state index contributed by atoms with van der Waals surface area (Å²) in [5, 5.41) is 16.4. The number of hydrogen-bond acceptors (Lipinski definition) is 22. The largest absolute Gasteiger partial charge is 0.440 e. The number of rotatable bonds is 36. The van der Waals surface area contributed by atoms with Gasteiger partial charge in [-0.1, -0.05) is 279 Å². The van der Waals surface area contributed by atoms with Crippen molar-refractivity contribution in [2.45, 2.75) is 75.7 Å². The first kappa shape index (κ1) is 94.2. The Bertz CT molecular complexity index is 7340. The Morgan fingerprint density at radius 3 is 1.01 bits per heavy atom. The summed E-state index contributed by atoms with van der Waals surface area (Å²) in [5.41, 5.74) is 22.8. The summed E-state index contributed by atoms with van der Waals surface area (Å²) >= 11 is 0. The van der Waals surface area contributed by atoms with E-state index in [-0.39, 0.29) is 43.5 Å². The SMILES string of the molecule is Fc1cccnc1CNc1nccc2oc(CCNCCC3=NC(c4ccccc4)=CC3)nc12.Fc1cccnc1CNc1nccc2oc(CCNCCc3nc(-c4ccccc4)cn3C(c3ccccc3)(c3ccccc3)c3ccccc3)nc12.NCCc1nc2c(NCc3ncccc3F)nccc2o1.O=CCc1nc(-c2ccccc2)cn1C(c1ccccc1)(c1ccccc1)c1ccccc1. The molecule has 24 nitrogen and oxygen atoms in total. The molecule has 0 bridgehead atoms. The molecule has 1 aliphatic rings. The number of carbonyl (C=O) groups is 1. The molecule has 141 heavy (non-hydrogen) atoms. The van der Waals surface area contributed by atoms with Crippen molar-refractivity contribution in [1.82, 2.24) is 74.6 Å². The van der Waals surface area contributed by atoms with Crippen LogP contribution < -0.4 is 32.3 Å². The Balaban J connectivity index is 0.000000131. The van der Waals surface area contributed by atoms with E-state index in [0.29, 0.717) is 131 Å². The van der Waals surface area contributed by atoms with Crippen LogP contribution in [-0.4, -0.2) is 109 Å². The Morgan fingerprint density at radius 2 is 0.660 bits per heavy atom. The molecule has 12 heterocycles. The van der Waals surface area contributed by atoms with Gasteiger partial charge in [0.2, 0.25) is 0 Å². The number of nitrogens with one attached hydrogen (secondary N) is 5. The van der Waals surface area contributed by atoms with Gasteiger partial charge in [0.05, 0.1) is 60.2 Å². The normalized spacial score (nSPS) is 11.8. The molecule has 0 spiro atoms. The average Bonchev–Trinajstić information content (AvgIpc) is 1.66. The monoisotopic (exact) mass is 1870 g/mol. The number of aromatic nitrogens is 13. The first-order valence-corrected chi connectivity index (χ1v) is 46.8. The number of nitrogens with two attached hydrogens (primary N) is 1. The van der Waals surface area contributed by atoms with E-state index in [1.165, 1.54) is 23.9 Å². The number of nitrogens with zero attached hydrogens (tertiary/aromatic N) is 14. The molecule has 0 fully saturated rings. The number of aliphatic imine (C=N–C) groups is 1. The van der Waals surface area contributed by atoms with Gasteiger partial charge in [-0.3, -0.25) is 19.9 Å². The van der Waals surface area contributed by atoms with Crippen LogP contribution in [0.15, 0.2) is 401 Å². The van der Waals surface area contributed by atoms with E-state index >= 15 is 0 Å². The third-order valence-corrected chi connectivity index (χ3v) is 24.0. The Morgan fingerprint density at radius 1 is 0.340 bits per heavy atom. The number of anilines is 3. The molecular formula is C114H101F3N20O4. The second-order valence-electron chi connectivity index (χ2n) is 33.1. The van der Waals surface area contributed by atoms with Crippen molar-refractivity contribution in [3.05, 3.63) is 486 Å². The van der Waals surface area contributed by atoms with Gasteiger partial charge in [0, 0.05) is 149 Å². The van der Waals surface area contributed by atoms with Crippen LogP contribution in [-0.2, 0) is 67.6 Å². The van der Waals surface area contributed by atoms with Gasteiger partial charge in [0.25, 0.3) is 0 Å². The molecule has 1 aliphatic heterocycles. The zero-order valence-corrected chi connectivity index (χ0v) is 77.2. The van der Waals surface area contributed by atoms with Crippen LogP contribution >= 0.6 is 0 Å². The lowest BCUT2D eigenvalue weighted by atomic mass is 9.76. The van der Waals surface area contributed by atoms with Crippen LogP contribution in [0.5, 0.6) is 0 Å². The number of pyridine rings is 6. The summed E-state index contributed by atoms with van der Waals surface area (Å²) in [5.74, 6) is 3.99. The third-order valence-electron chi connectivity index (χ3n) is 24.0. The van der Waals surface area contributed by atoms with Crippen LogP contribution in [0.3, 0.4) is 0 Å². The fourth-order valence-electron chi connectivity index (χ4n) is 17.4. The summed E-state index contributed by atoms with van der Waals surface area (Å²) in [7, 11) is 0. The fraction of sp³-hybridized carbons (Fsp3) is 0.149. The number of fused-ring (bicyclic) bond motifs is 3. The summed E-state index contributed by atoms with van der Waals surface area (Å²) in [4.78, 5) is 65.5. The molecule has 0 saturated carbocycles. The van der Waals surface area contributed by atoms with Crippen molar-refractivity contribution < 1.29 is 31.2 Å².